The van der Waals surface area contributed by atoms with Crippen molar-refractivity contribution in [1.29, 1.82) is 0 Å². The molecule has 3 nitrogen and oxygen atoms in total. The molecule has 0 aromatic carbocycles. The zero-order valence-electron chi connectivity index (χ0n) is 12.1. The van der Waals surface area contributed by atoms with Gasteiger partial charge in [0.05, 0.1) is 6.61 Å². The van der Waals surface area contributed by atoms with Crippen molar-refractivity contribution in [1.82, 2.24) is 10.3 Å². The van der Waals surface area contributed by atoms with Crippen LogP contribution in [0.25, 0.3) is 0 Å². The van der Waals surface area contributed by atoms with Gasteiger partial charge in [0.1, 0.15) is 0 Å². The highest BCUT2D eigenvalue weighted by atomic mass is 16.5. The summed E-state index contributed by atoms with van der Waals surface area (Å²) in [6.45, 7) is 11.3. The maximum Gasteiger partial charge on any atom is 0.213 e. The van der Waals surface area contributed by atoms with E-state index in [0.717, 1.165) is 44.1 Å². The molecule has 0 aliphatic carbocycles. The second-order valence-corrected chi connectivity index (χ2v) is 5.18. The van der Waals surface area contributed by atoms with E-state index in [1.54, 1.807) is 0 Å². The summed E-state index contributed by atoms with van der Waals surface area (Å²) < 4.78 is 5.66. The molecule has 0 radical (unpaired) electrons. The van der Waals surface area contributed by atoms with E-state index in [4.69, 9.17) is 4.74 Å². The number of rotatable bonds is 8. The molecule has 0 saturated carbocycles. The first-order chi connectivity index (χ1) is 8.61. The van der Waals surface area contributed by atoms with Gasteiger partial charge in [0, 0.05) is 18.3 Å². The first kappa shape index (κ1) is 15.0. The molecule has 1 aromatic rings. The fraction of sp³-hybridized carbons (Fsp3) is 0.667. The summed E-state index contributed by atoms with van der Waals surface area (Å²) in [5.41, 5.74) is 2.26. The molecule has 0 aliphatic heterocycles. The number of hydrogen-bond donors (Lipinski definition) is 1. The summed E-state index contributed by atoms with van der Waals surface area (Å²) in [5, 5.41) is 3.44. The highest BCUT2D eigenvalue weighted by molar-refractivity contribution is 5.24. The normalized spacial score (nSPS) is 10.9. The van der Waals surface area contributed by atoms with E-state index >= 15 is 0 Å². The van der Waals surface area contributed by atoms with Gasteiger partial charge in [-0.15, -0.1) is 0 Å². The van der Waals surface area contributed by atoms with Crippen molar-refractivity contribution >= 4 is 0 Å². The molecule has 0 atom stereocenters. The quantitative estimate of drug-likeness (QED) is 0.719. The lowest BCUT2D eigenvalue weighted by Gasteiger charge is -2.10. The van der Waals surface area contributed by atoms with E-state index in [-0.39, 0.29) is 0 Å². The van der Waals surface area contributed by atoms with Crippen LogP contribution in [0.2, 0.25) is 0 Å². The van der Waals surface area contributed by atoms with Gasteiger partial charge in [0.25, 0.3) is 0 Å². The van der Waals surface area contributed by atoms with Crippen LogP contribution < -0.4 is 10.1 Å². The van der Waals surface area contributed by atoms with Crippen LogP contribution in [0.4, 0.5) is 0 Å². The predicted molar refractivity (Wildman–Crippen MR) is 75.9 cm³/mol. The van der Waals surface area contributed by atoms with Gasteiger partial charge in [-0.3, -0.25) is 0 Å². The van der Waals surface area contributed by atoms with Gasteiger partial charge in [0.15, 0.2) is 0 Å². The molecule has 0 amide bonds. The zero-order valence-corrected chi connectivity index (χ0v) is 12.1. The Kier molecular flexibility index (Phi) is 6.73. The van der Waals surface area contributed by atoms with E-state index in [9.17, 15) is 0 Å². The van der Waals surface area contributed by atoms with Gasteiger partial charge in [-0.25, -0.2) is 4.98 Å². The van der Waals surface area contributed by atoms with Crippen LogP contribution in [0.5, 0.6) is 5.88 Å². The Bertz CT molecular complexity index is 350. The van der Waals surface area contributed by atoms with Gasteiger partial charge >= 0.3 is 0 Å². The number of ether oxygens (including phenoxy) is 1. The third kappa shape index (κ3) is 6.01. The Morgan fingerprint density at radius 3 is 2.78 bits per heavy atom. The van der Waals surface area contributed by atoms with Gasteiger partial charge in [-0.2, -0.15) is 0 Å². The summed E-state index contributed by atoms with van der Waals surface area (Å²) in [5.74, 6) is 1.43. The topological polar surface area (TPSA) is 34.1 Å². The van der Waals surface area contributed by atoms with Crippen molar-refractivity contribution in [3.05, 3.63) is 23.4 Å². The minimum atomic E-state index is 0.674. The Labute approximate surface area is 111 Å². The lowest BCUT2D eigenvalue weighted by Crippen LogP contribution is -2.19. The minimum absolute atomic E-state index is 0.674. The second-order valence-electron chi connectivity index (χ2n) is 5.18. The summed E-state index contributed by atoms with van der Waals surface area (Å²) in [6.07, 6.45) is 2.23. The van der Waals surface area contributed by atoms with Crippen LogP contribution >= 0.6 is 0 Å². The molecule has 0 saturated heterocycles. The predicted octanol–water partition coefficient (Wildman–Crippen LogP) is 3.31. The van der Waals surface area contributed by atoms with Crippen molar-refractivity contribution in [2.75, 3.05) is 13.2 Å². The first-order valence-corrected chi connectivity index (χ1v) is 6.93. The molecule has 0 spiro atoms. The maximum atomic E-state index is 5.66. The lowest BCUT2D eigenvalue weighted by molar-refractivity contribution is 0.297. The van der Waals surface area contributed by atoms with Crippen molar-refractivity contribution in [3.8, 4) is 5.88 Å². The number of aromatic nitrogens is 1. The standard InChI is InChI=1S/C15H26N2O/c1-5-6-7-18-15-9-14(8-13(4)17-15)11-16-10-12(2)3/h8-9,12,16H,5-7,10-11H2,1-4H3. The number of unbranched alkanes of at least 4 members (excludes halogenated alkanes) is 1. The first-order valence-electron chi connectivity index (χ1n) is 6.93. The van der Waals surface area contributed by atoms with E-state index in [1.165, 1.54) is 5.56 Å². The zero-order chi connectivity index (χ0) is 13.4. The largest absolute Gasteiger partial charge is 0.478 e. The Morgan fingerprint density at radius 1 is 1.33 bits per heavy atom. The minimum Gasteiger partial charge on any atom is -0.478 e. The molecule has 0 bridgehead atoms. The van der Waals surface area contributed by atoms with Crippen molar-refractivity contribution < 1.29 is 4.74 Å². The van der Waals surface area contributed by atoms with Crippen LogP contribution in [0.3, 0.4) is 0 Å². The second kappa shape index (κ2) is 8.09. The average molecular weight is 250 g/mol. The van der Waals surface area contributed by atoms with Crippen LogP contribution in [0.15, 0.2) is 12.1 Å². The van der Waals surface area contributed by atoms with E-state index < -0.39 is 0 Å². The van der Waals surface area contributed by atoms with E-state index in [0.29, 0.717) is 5.92 Å². The third-order valence-corrected chi connectivity index (χ3v) is 2.62. The molecule has 18 heavy (non-hydrogen) atoms. The molecule has 0 aliphatic rings. The number of nitrogens with one attached hydrogen (secondary N) is 1. The van der Waals surface area contributed by atoms with E-state index in [2.05, 4.69) is 37.1 Å². The lowest BCUT2D eigenvalue weighted by atomic mass is 10.2. The van der Waals surface area contributed by atoms with Crippen LogP contribution in [-0.4, -0.2) is 18.1 Å². The average Bonchev–Trinajstić information content (AvgIpc) is 2.28. The molecule has 102 valence electrons. The molecule has 1 N–H and O–H groups in total. The Morgan fingerprint density at radius 2 is 2.11 bits per heavy atom. The smallest absolute Gasteiger partial charge is 0.213 e. The number of aryl methyl sites for hydroxylation is 1. The summed E-state index contributed by atoms with van der Waals surface area (Å²) in [4.78, 5) is 4.40. The molecular formula is C15H26N2O. The molecule has 3 heteroatoms. The summed E-state index contributed by atoms with van der Waals surface area (Å²) in [6, 6.07) is 4.15. The molecule has 1 heterocycles. The van der Waals surface area contributed by atoms with Crippen molar-refractivity contribution in [3.63, 3.8) is 0 Å². The van der Waals surface area contributed by atoms with Gasteiger partial charge in [-0.1, -0.05) is 27.2 Å². The van der Waals surface area contributed by atoms with E-state index in [1.807, 2.05) is 13.0 Å². The monoisotopic (exact) mass is 250 g/mol. The Balaban J connectivity index is 2.51. The number of nitrogens with zero attached hydrogens (tertiary/aromatic N) is 1. The maximum absolute atomic E-state index is 5.66. The summed E-state index contributed by atoms with van der Waals surface area (Å²) in [7, 11) is 0. The van der Waals surface area contributed by atoms with Gasteiger partial charge < -0.3 is 10.1 Å². The third-order valence-electron chi connectivity index (χ3n) is 2.62. The Hall–Kier alpha value is -1.09. The van der Waals surface area contributed by atoms with Crippen LogP contribution in [0, 0.1) is 12.8 Å². The fourth-order valence-electron chi connectivity index (χ4n) is 1.71. The van der Waals surface area contributed by atoms with Gasteiger partial charge in [0.2, 0.25) is 5.88 Å². The summed E-state index contributed by atoms with van der Waals surface area (Å²) >= 11 is 0. The molecular weight excluding hydrogens is 224 g/mol. The van der Waals surface area contributed by atoms with Crippen LogP contribution in [-0.2, 0) is 6.54 Å². The highest BCUT2D eigenvalue weighted by Crippen LogP contribution is 2.13. The van der Waals surface area contributed by atoms with Crippen LogP contribution in [0.1, 0.15) is 44.9 Å². The highest BCUT2D eigenvalue weighted by Gasteiger charge is 2.02. The molecule has 0 fully saturated rings. The fourth-order valence-corrected chi connectivity index (χ4v) is 1.71. The van der Waals surface area contributed by atoms with Crippen molar-refractivity contribution in [2.45, 2.75) is 47.1 Å². The molecule has 1 aromatic heterocycles. The molecule has 1 rings (SSSR count). The van der Waals surface area contributed by atoms with Crippen molar-refractivity contribution in [2.24, 2.45) is 5.92 Å². The molecule has 0 unspecified atom stereocenters. The number of pyridine rings is 1. The number of hydrogen-bond acceptors (Lipinski definition) is 3. The SMILES string of the molecule is CCCCOc1cc(CNCC(C)C)cc(C)n1. The van der Waals surface area contributed by atoms with Gasteiger partial charge in [-0.05, 0) is 37.4 Å².